The van der Waals surface area contributed by atoms with Gasteiger partial charge >= 0.3 is 0 Å². The maximum Gasteiger partial charge on any atom is 0.258 e. The molecule has 0 radical (unpaired) electrons. The number of thioether (sulfide) groups is 4. The van der Waals surface area contributed by atoms with E-state index < -0.39 is 18.0 Å². The summed E-state index contributed by atoms with van der Waals surface area (Å²) in [5.74, 6) is 0.991. The van der Waals surface area contributed by atoms with Crippen molar-refractivity contribution in [3.63, 3.8) is 0 Å². The fourth-order valence-electron chi connectivity index (χ4n) is 5.80. The molecule has 1 aromatic rings. The zero-order chi connectivity index (χ0) is 34.2. The third-order valence-electron chi connectivity index (χ3n) is 8.87. The van der Waals surface area contributed by atoms with Gasteiger partial charge in [0.2, 0.25) is 0 Å². The van der Waals surface area contributed by atoms with E-state index in [-0.39, 0.29) is 17.1 Å². The summed E-state index contributed by atoms with van der Waals surface area (Å²) in [6.07, 6.45) is 7.42. The van der Waals surface area contributed by atoms with E-state index in [0.717, 1.165) is 70.9 Å². The minimum Gasteiger partial charge on any atom is -0.491 e. The fraction of sp³-hybridized carbons (Fsp3) is 0.618. The highest BCUT2D eigenvalue weighted by molar-refractivity contribution is 8.26. The zero-order valence-corrected chi connectivity index (χ0v) is 31.5. The number of benzene rings is 1. The minimum absolute atomic E-state index is 0.104. The molecule has 3 amide bonds. The molecule has 2 saturated heterocycles. The highest BCUT2D eigenvalue weighted by atomic mass is 32.2. The number of aliphatic hydroxyl groups excluding tert-OH is 1. The average molecular weight is 737 g/mol. The van der Waals surface area contributed by atoms with Crippen LogP contribution in [-0.2, 0) is 14.4 Å². The number of nitrogens with one attached hydrogen (secondary N) is 4. The van der Waals surface area contributed by atoms with Crippen molar-refractivity contribution in [2.75, 3.05) is 39.4 Å². The summed E-state index contributed by atoms with van der Waals surface area (Å²) in [5, 5.41) is 22.6. The van der Waals surface area contributed by atoms with E-state index >= 15 is 0 Å². The Balaban J connectivity index is 1.64. The normalized spacial score (nSPS) is 20.8. The van der Waals surface area contributed by atoms with Crippen molar-refractivity contribution in [3.8, 4) is 11.5 Å². The van der Waals surface area contributed by atoms with Crippen molar-refractivity contribution in [1.29, 1.82) is 0 Å². The van der Waals surface area contributed by atoms with Crippen molar-refractivity contribution >= 4 is 64.8 Å². The van der Waals surface area contributed by atoms with Crippen LogP contribution in [0.25, 0.3) is 0 Å². The van der Waals surface area contributed by atoms with E-state index in [0.29, 0.717) is 71.2 Å². The Labute approximate surface area is 300 Å². The monoisotopic (exact) mass is 736 g/mol. The van der Waals surface area contributed by atoms with Crippen LogP contribution in [0, 0.1) is 11.8 Å². The lowest BCUT2D eigenvalue weighted by atomic mass is 10.0. The van der Waals surface area contributed by atoms with Crippen LogP contribution >= 0.6 is 47.0 Å². The van der Waals surface area contributed by atoms with E-state index in [1.54, 1.807) is 0 Å². The van der Waals surface area contributed by atoms with E-state index in [1.165, 1.54) is 47.0 Å². The molecule has 1 aromatic carbocycles. The number of fused-ring (bicyclic) bond motifs is 2. The van der Waals surface area contributed by atoms with Crippen molar-refractivity contribution in [2.24, 2.45) is 11.8 Å². The standard InChI is InChI=1S/C34H48N4O6S4/c1-5-9-11-19(7-3)17-43-23-25-27(47-33(45-25)21-29(39)35-13-14-36-30(21)40)24(44-18-20(8-4)12-10-6-2)28-26(23)46-34(48-28)22-31(41)37-15-16-38-32(22)42/h19-20,29,35,39H,5-18H2,1-4H3,(H,36,40)(H,37,41)(H,38,42). The van der Waals surface area contributed by atoms with Gasteiger partial charge in [-0.25, -0.2) is 0 Å². The summed E-state index contributed by atoms with van der Waals surface area (Å²) in [5.41, 5.74) is 0.390. The highest BCUT2D eigenvalue weighted by Crippen LogP contribution is 2.68. The first-order valence-electron chi connectivity index (χ1n) is 17.3. The molecule has 4 aliphatic heterocycles. The molecular formula is C34H48N4O6S4. The molecule has 0 aromatic heterocycles. The predicted octanol–water partition coefficient (Wildman–Crippen LogP) is 5.98. The Bertz CT molecular complexity index is 1370. The summed E-state index contributed by atoms with van der Waals surface area (Å²) in [6.45, 7) is 11.4. The Kier molecular flexibility index (Phi) is 13.8. The van der Waals surface area contributed by atoms with Crippen LogP contribution in [0.4, 0.5) is 0 Å². The number of aliphatic hydroxyl groups is 1. The van der Waals surface area contributed by atoms with Crippen LogP contribution in [0.3, 0.4) is 0 Å². The van der Waals surface area contributed by atoms with Crippen LogP contribution in [-0.4, -0.2) is 68.4 Å². The van der Waals surface area contributed by atoms with E-state index in [2.05, 4.69) is 49.0 Å². The maximum absolute atomic E-state index is 13.2. The molecule has 5 N–H and O–H groups in total. The molecule has 48 heavy (non-hydrogen) atoms. The minimum atomic E-state index is -1.11. The quantitative estimate of drug-likeness (QED) is 0.114. The molecule has 0 saturated carbocycles. The zero-order valence-electron chi connectivity index (χ0n) is 28.3. The SMILES string of the molecule is CCCCC(CC)COc1c2c(c(OCC(CC)CCCC)c3c1SC(=C1C(=O)NCCNC1O)S3)SC(=C1C(=O)NCCNC1=O)S2. The van der Waals surface area contributed by atoms with Gasteiger partial charge in [0.05, 0.1) is 46.8 Å². The number of rotatable bonds is 14. The molecule has 4 heterocycles. The molecular weight excluding hydrogens is 689 g/mol. The fourth-order valence-corrected chi connectivity index (χ4v) is 11.5. The van der Waals surface area contributed by atoms with E-state index in [1.807, 2.05) is 0 Å². The van der Waals surface area contributed by atoms with Crippen molar-refractivity contribution in [1.82, 2.24) is 21.3 Å². The van der Waals surface area contributed by atoms with E-state index in [9.17, 15) is 19.5 Å². The third kappa shape index (κ3) is 8.48. The Morgan fingerprint density at radius 2 is 1.10 bits per heavy atom. The van der Waals surface area contributed by atoms with Crippen molar-refractivity contribution in [2.45, 2.75) is 105 Å². The van der Waals surface area contributed by atoms with Gasteiger partial charge in [-0.2, -0.15) is 0 Å². The van der Waals surface area contributed by atoms with Crippen LogP contribution < -0.4 is 30.7 Å². The average Bonchev–Trinajstić information content (AvgIpc) is 3.61. The summed E-state index contributed by atoms with van der Waals surface area (Å²) < 4.78 is 14.8. The first kappa shape index (κ1) is 37.3. The number of amides is 3. The number of unbranched alkanes of at least 4 members (excludes halogenated alkanes) is 2. The number of ether oxygens (including phenoxy) is 2. The van der Waals surface area contributed by atoms with Gasteiger partial charge in [0.25, 0.3) is 17.7 Å². The lowest BCUT2D eigenvalue weighted by Gasteiger charge is -2.22. The second-order valence-corrected chi connectivity index (χ2v) is 16.9. The predicted molar refractivity (Wildman–Crippen MR) is 195 cm³/mol. The van der Waals surface area contributed by atoms with Crippen LogP contribution in [0.15, 0.2) is 39.2 Å². The van der Waals surface area contributed by atoms with E-state index in [4.69, 9.17) is 9.47 Å². The molecule has 10 nitrogen and oxygen atoms in total. The topological polar surface area (TPSA) is 138 Å². The molecule has 14 heteroatoms. The smallest absolute Gasteiger partial charge is 0.258 e. The summed E-state index contributed by atoms with van der Waals surface area (Å²) in [7, 11) is 0. The molecule has 3 unspecified atom stereocenters. The first-order chi connectivity index (χ1) is 23.3. The van der Waals surface area contributed by atoms with Gasteiger partial charge in [-0.05, 0) is 24.7 Å². The van der Waals surface area contributed by atoms with Gasteiger partial charge in [0, 0.05) is 26.2 Å². The molecule has 0 aliphatic carbocycles. The third-order valence-corrected chi connectivity index (χ3v) is 14.1. The Hall–Kier alpha value is -1.97. The summed E-state index contributed by atoms with van der Waals surface area (Å²) >= 11 is 5.59. The van der Waals surface area contributed by atoms with Gasteiger partial charge in [0.1, 0.15) is 23.3 Å². The second-order valence-electron chi connectivity index (χ2n) is 12.3. The van der Waals surface area contributed by atoms with Gasteiger partial charge < -0.3 is 30.5 Å². The molecule has 2 fully saturated rings. The second kappa shape index (κ2) is 17.8. The van der Waals surface area contributed by atoms with Crippen molar-refractivity contribution in [3.05, 3.63) is 19.6 Å². The summed E-state index contributed by atoms with van der Waals surface area (Å²) in [6, 6.07) is 0. The highest BCUT2D eigenvalue weighted by Gasteiger charge is 2.41. The number of carbonyl (C=O) groups is 3. The molecule has 264 valence electrons. The maximum atomic E-state index is 13.2. The molecule has 0 bridgehead atoms. The lowest BCUT2D eigenvalue weighted by Crippen LogP contribution is -2.32. The number of hydrogen-bond acceptors (Lipinski definition) is 11. The Morgan fingerprint density at radius 3 is 1.56 bits per heavy atom. The van der Waals surface area contributed by atoms with Gasteiger partial charge in [-0.1, -0.05) is 113 Å². The molecule has 0 spiro atoms. The first-order valence-corrected chi connectivity index (χ1v) is 20.5. The van der Waals surface area contributed by atoms with Crippen LogP contribution in [0.2, 0.25) is 0 Å². The van der Waals surface area contributed by atoms with Crippen LogP contribution in [0.5, 0.6) is 11.5 Å². The molecule has 3 atom stereocenters. The number of hydrogen-bond donors (Lipinski definition) is 5. The summed E-state index contributed by atoms with van der Waals surface area (Å²) in [4.78, 5) is 42.8. The number of carbonyl (C=O) groups excluding carboxylic acids is 3. The molecule has 4 aliphatic rings. The van der Waals surface area contributed by atoms with Gasteiger partial charge in [-0.15, -0.1) is 0 Å². The van der Waals surface area contributed by atoms with Gasteiger partial charge in [0.15, 0.2) is 0 Å². The largest absolute Gasteiger partial charge is 0.491 e. The van der Waals surface area contributed by atoms with Crippen molar-refractivity contribution < 1.29 is 29.0 Å². The van der Waals surface area contributed by atoms with Gasteiger partial charge in [-0.3, -0.25) is 19.7 Å². The Morgan fingerprint density at radius 1 is 0.667 bits per heavy atom. The molecule has 5 rings (SSSR count). The lowest BCUT2D eigenvalue weighted by molar-refractivity contribution is -0.122. The van der Waals surface area contributed by atoms with Crippen LogP contribution in [0.1, 0.15) is 79.1 Å².